The Balaban J connectivity index is 2.55. The minimum Gasteiger partial charge on any atom is -0.383 e. The maximum absolute atomic E-state index is 11.6. The van der Waals surface area contributed by atoms with Crippen LogP contribution in [0.2, 0.25) is 0 Å². The molecule has 1 aliphatic rings. The third-order valence-corrected chi connectivity index (χ3v) is 2.60. The maximum Gasteiger partial charge on any atom is 0.228 e. The van der Waals surface area contributed by atoms with Gasteiger partial charge in [0.15, 0.2) is 0 Å². The highest BCUT2D eigenvalue weighted by atomic mass is 16.2. The zero-order valence-electron chi connectivity index (χ0n) is 8.50. The van der Waals surface area contributed by atoms with Gasteiger partial charge in [-0.3, -0.25) is 4.79 Å². The van der Waals surface area contributed by atoms with Crippen molar-refractivity contribution in [1.29, 1.82) is 0 Å². The first kappa shape index (κ1) is 9.06. The summed E-state index contributed by atoms with van der Waals surface area (Å²) in [5.74, 6) is 0.172. The summed E-state index contributed by atoms with van der Waals surface area (Å²) in [6.07, 6.45) is 0.560. The van der Waals surface area contributed by atoms with Crippen molar-refractivity contribution in [3.8, 4) is 0 Å². The molecule has 0 unspecified atom stereocenters. The summed E-state index contributed by atoms with van der Waals surface area (Å²) in [6, 6.07) is 6.04. The summed E-state index contributed by atoms with van der Waals surface area (Å²) in [5, 5.41) is 3.26. The Kier molecular flexibility index (Phi) is 2.15. The fourth-order valence-corrected chi connectivity index (χ4v) is 1.84. The van der Waals surface area contributed by atoms with Gasteiger partial charge in [-0.05, 0) is 18.6 Å². The van der Waals surface area contributed by atoms with Crippen LogP contribution in [0.5, 0.6) is 0 Å². The molecule has 0 aromatic heterocycles. The molecule has 3 heteroatoms. The van der Waals surface area contributed by atoms with Crippen LogP contribution < -0.4 is 10.2 Å². The standard InChI is InChI=1S/C11H14N2O/c1-8-4-3-5-9-11(8)13(2)10(14)6-7-12-9/h3-5,12H,6-7H2,1-2H3. The van der Waals surface area contributed by atoms with Crippen LogP contribution in [0.15, 0.2) is 18.2 Å². The molecule has 3 nitrogen and oxygen atoms in total. The number of aryl methyl sites for hydroxylation is 1. The van der Waals surface area contributed by atoms with E-state index in [1.165, 1.54) is 0 Å². The van der Waals surface area contributed by atoms with E-state index in [4.69, 9.17) is 0 Å². The number of rotatable bonds is 0. The van der Waals surface area contributed by atoms with E-state index in [1.807, 2.05) is 32.2 Å². The van der Waals surface area contributed by atoms with Crippen molar-refractivity contribution in [2.24, 2.45) is 0 Å². The van der Waals surface area contributed by atoms with Gasteiger partial charge in [0, 0.05) is 20.0 Å². The molecule has 0 atom stereocenters. The Morgan fingerprint density at radius 2 is 2.21 bits per heavy atom. The van der Waals surface area contributed by atoms with Gasteiger partial charge >= 0.3 is 0 Å². The van der Waals surface area contributed by atoms with Gasteiger partial charge in [0.05, 0.1) is 11.4 Å². The Bertz CT molecular complexity index is 374. The number of benzene rings is 1. The number of anilines is 2. The van der Waals surface area contributed by atoms with E-state index in [1.54, 1.807) is 4.90 Å². The van der Waals surface area contributed by atoms with Crippen molar-refractivity contribution in [2.75, 3.05) is 23.8 Å². The predicted octanol–water partition coefficient (Wildman–Crippen LogP) is 1.77. The summed E-state index contributed by atoms with van der Waals surface area (Å²) in [4.78, 5) is 13.4. The molecule has 0 aliphatic carbocycles. The van der Waals surface area contributed by atoms with Crippen LogP contribution in [0.3, 0.4) is 0 Å². The Labute approximate surface area is 83.7 Å². The Morgan fingerprint density at radius 1 is 1.43 bits per heavy atom. The normalized spacial score (nSPS) is 15.9. The van der Waals surface area contributed by atoms with Gasteiger partial charge in [-0.2, -0.15) is 0 Å². The molecule has 14 heavy (non-hydrogen) atoms. The fourth-order valence-electron chi connectivity index (χ4n) is 1.84. The summed E-state index contributed by atoms with van der Waals surface area (Å²) in [5.41, 5.74) is 3.20. The van der Waals surface area contributed by atoms with Crippen LogP contribution in [-0.2, 0) is 4.79 Å². The van der Waals surface area contributed by atoms with E-state index >= 15 is 0 Å². The SMILES string of the molecule is Cc1cccc2c1N(C)C(=O)CCN2. The quantitative estimate of drug-likeness (QED) is 0.676. The molecule has 1 aromatic rings. The van der Waals surface area contributed by atoms with Crippen LogP contribution in [0, 0.1) is 6.92 Å². The second-order valence-corrected chi connectivity index (χ2v) is 3.60. The van der Waals surface area contributed by atoms with Crippen LogP contribution >= 0.6 is 0 Å². The van der Waals surface area contributed by atoms with Crippen LogP contribution in [0.4, 0.5) is 11.4 Å². The number of hydrogen-bond acceptors (Lipinski definition) is 2. The number of carbonyl (C=O) groups excluding carboxylic acids is 1. The minimum atomic E-state index is 0.172. The van der Waals surface area contributed by atoms with Gasteiger partial charge < -0.3 is 10.2 Å². The molecule has 1 N–H and O–H groups in total. The van der Waals surface area contributed by atoms with E-state index in [0.29, 0.717) is 6.42 Å². The highest BCUT2D eigenvalue weighted by Gasteiger charge is 2.19. The highest BCUT2D eigenvalue weighted by Crippen LogP contribution is 2.30. The number of para-hydroxylation sites is 1. The maximum atomic E-state index is 11.6. The van der Waals surface area contributed by atoms with Crippen LogP contribution in [0.1, 0.15) is 12.0 Å². The van der Waals surface area contributed by atoms with Crippen molar-refractivity contribution >= 4 is 17.3 Å². The summed E-state index contributed by atoms with van der Waals surface area (Å²) in [7, 11) is 1.83. The summed E-state index contributed by atoms with van der Waals surface area (Å²) in [6.45, 7) is 2.75. The van der Waals surface area contributed by atoms with E-state index in [-0.39, 0.29) is 5.91 Å². The molecule has 0 bridgehead atoms. The molecule has 0 saturated heterocycles. The van der Waals surface area contributed by atoms with Crippen LogP contribution in [0.25, 0.3) is 0 Å². The second kappa shape index (κ2) is 3.33. The number of nitrogens with one attached hydrogen (secondary N) is 1. The van der Waals surface area contributed by atoms with Crippen LogP contribution in [-0.4, -0.2) is 19.5 Å². The first-order chi connectivity index (χ1) is 6.70. The van der Waals surface area contributed by atoms with Crippen molar-refractivity contribution in [3.05, 3.63) is 23.8 Å². The molecule has 1 amide bonds. The molecular weight excluding hydrogens is 176 g/mol. The molecule has 2 rings (SSSR count). The van der Waals surface area contributed by atoms with E-state index in [0.717, 1.165) is 23.5 Å². The number of hydrogen-bond donors (Lipinski definition) is 1. The molecule has 0 radical (unpaired) electrons. The molecule has 0 spiro atoms. The molecule has 74 valence electrons. The molecule has 0 fully saturated rings. The van der Waals surface area contributed by atoms with Gasteiger partial charge in [-0.25, -0.2) is 0 Å². The first-order valence-corrected chi connectivity index (χ1v) is 4.80. The minimum absolute atomic E-state index is 0.172. The van der Waals surface area contributed by atoms with Gasteiger partial charge in [-0.1, -0.05) is 12.1 Å². The number of amides is 1. The lowest BCUT2D eigenvalue weighted by atomic mass is 10.1. The van der Waals surface area contributed by atoms with E-state index in [2.05, 4.69) is 5.32 Å². The average Bonchev–Trinajstić information content (AvgIpc) is 2.29. The molecule has 1 heterocycles. The van der Waals surface area contributed by atoms with Crippen molar-refractivity contribution in [2.45, 2.75) is 13.3 Å². The van der Waals surface area contributed by atoms with Gasteiger partial charge in [0.1, 0.15) is 0 Å². The molecular formula is C11H14N2O. The molecule has 0 saturated carbocycles. The lowest BCUT2D eigenvalue weighted by molar-refractivity contribution is -0.118. The molecule has 1 aromatic carbocycles. The second-order valence-electron chi connectivity index (χ2n) is 3.60. The van der Waals surface area contributed by atoms with Crippen molar-refractivity contribution < 1.29 is 4.79 Å². The summed E-state index contributed by atoms with van der Waals surface area (Å²) < 4.78 is 0. The lowest BCUT2D eigenvalue weighted by Gasteiger charge is -2.19. The van der Waals surface area contributed by atoms with E-state index in [9.17, 15) is 4.79 Å². The highest BCUT2D eigenvalue weighted by molar-refractivity contribution is 5.98. The largest absolute Gasteiger partial charge is 0.383 e. The van der Waals surface area contributed by atoms with Gasteiger partial charge in [-0.15, -0.1) is 0 Å². The Hall–Kier alpha value is -1.51. The average molecular weight is 190 g/mol. The third-order valence-electron chi connectivity index (χ3n) is 2.60. The first-order valence-electron chi connectivity index (χ1n) is 4.80. The number of nitrogens with zero attached hydrogens (tertiary/aromatic N) is 1. The third kappa shape index (κ3) is 1.35. The zero-order valence-corrected chi connectivity index (χ0v) is 8.50. The van der Waals surface area contributed by atoms with Crippen molar-refractivity contribution in [3.63, 3.8) is 0 Å². The van der Waals surface area contributed by atoms with Gasteiger partial charge in [0.25, 0.3) is 0 Å². The zero-order chi connectivity index (χ0) is 10.1. The predicted molar refractivity (Wildman–Crippen MR) is 57.7 cm³/mol. The lowest BCUT2D eigenvalue weighted by Crippen LogP contribution is -2.25. The number of fused-ring (bicyclic) bond motifs is 1. The van der Waals surface area contributed by atoms with Crippen molar-refractivity contribution in [1.82, 2.24) is 0 Å². The molecule has 1 aliphatic heterocycles. The Morgan fingerprint density at radius 3 is 3.00 bits per heavy atom. The summed E-state index contributed by atoms with van der Waals surface area (Å²) >= 11 is 0. The van der Waals surface area contributed by atoms with E-state index < -0.39 is 0 Å². The topological polar surface area (TPSA) is 32.3 Å². The fraction of sp³-hybridized carbons (Fsp3) is 0.364. The monoisotopic (exact) mass is 190 g/mol. The number of carbonyl (C=O) groups is 1. The van der Waals surface area contributed by atoms with Gasteiger partial charge in [0.2, 0.25) is 5.91 Å². The smallest absolute Gasteiger partial charge is 0.228 e.